The van der Waals surface area contributed by atoms with Crippen molar-refractivity contribution in [1.29, 1.82) is 0 Å². The van der Waals surface area contributed by atoms with Crippen molar-refractivity contribution in [3.63, 3.8) is 0 Å². The summed E-state index contributed by atoms with van der Waals surface area (Å²) in [7, 11) is 5.44. The van der Waals surface area contributed by atoms with E-state index in [1.54, 1.807) is 14.2 Å². The van der Waals surface area contributed by atoms with Gasteiger partial charge in [0, 0.05) is 45.0 Å². The molecule has 1 aliphatic rings. The van der Waals surface area contributed by atoms with Crippen LogP contribution in [0.2, 0.25) is 0 Å². The zero-order chi connectivity index (χ0) is 18.5. The van der Waals surface area contributed by atoms with Gasteiger partial charge in [0.2, 0.25) is 0 Å². The Balaban J connectivity index is 1.54. The SMILES string of the molecule is CN=C(NCc1nnc(C)n1C)NC1CCN(c2cccc(OC)c2)C1. The van der Waals surface area contributed by atoms with Gasteiger partial charge in [-0.3, -0.25) is 4.99 Å². The maximum atomic E-state index is 5.32. The lowest BCUT2D eigenvalue weighted by Crippen LogP contribution is -2.44. The molecule has 2 N–H and O–H groups in total. The minimum atomic E-state index is 0.341. The van der Waals surface area contributed by atoms with Crippen LogP contribution in [-0.4, -0.2) is 54.0 Å². The van der Waals surface area contributed by atoms with Gasteiger partial charge in [-0.05, 0) is 25.5 Å². The summed E-state index contributed by atoms with van der Waals surface area (Å²) in [6.07, 6.45) is 1.06. The van der Waals surface area contributed by atoms with Gasteiger partial charge < -0.3 is 24.8 Å². The number of nitrogens with one attached hydrogen (secondary N) is 2. The molecule has 2 heterocycles. The summed E-state index contributed by atoms with van der Waals surface area (Å²) < 4.78 is 7.30. The average Bonchev–Trinajstić information content (AvgIpc) is 3.26. The maximum absolute atomic E-state index is 5.32. The molecule has 0 radical (unpaired) electrons. The fourth-order valence-electron chi connectivity index (χ4n) is 3.08. The number of hydrogen-bond acceptors (Lipinski definition) is 5. The third-order valence-corrected chi connectivity index (χ3v) is 4.77. The number of aliphatic imine (C=N–C) groups is 1. The molecule has 0 aliphatic carbocycles. The van der Waals surface area contributed by atoms with Crippen molar-refractivity contribution in [1.82, 2.24) is 25.4 Å². The van der Waals surface area contributed by atoms with Gasteiger partial charge in [-0.1, -0.05) is 6.07 Å². The summed E-state index contributed by atoms with van der Waals surface area (Å²) >= 11 is 0. The smallest absolute Gasteiger partial charge is 0.191 e. The quantitative estimate of drug-likeness (QED) is 0.616. The number of anilines is 1. The van der Waals surface area contributed by atoms with Gasteiger partial charge in [-0.2, -0.15) is 0 Å². The molecule has 0 bridgehead atoms. The van der Waals surface area contributed by atoms with Crippen molar-refractivity contribution in [3.05, 3.63) is 35.9 Å². The number of methoxy groups -OCH3 is 1. The van der Waals surface area contributed by atoms with Crippen molar-refractivity contribution in [3.8, 4) is 5.75 Å². The van der Waals surface area contributed by atoms with Crippen LogP contribution in [0, 0.1) is 6.92 Å². The van der Waals surface area contributed by atoms with Crippen LogP contribution in [0.1, 0.15) is 18.1 Å². The highest BCUT2D eigenvalue weighted by atomic mass is 16.5. The highest BCUT2D eigenvalue weighted by Gasteiger charge is 2.23. The predicted molar refractivity (Wildman–Crippen MR) is 103 cm³/mol. The standard InChI is InChI=1S/C18H27N7O/c1-13-22-23-17(24(13)3)11-20-18(19-2)21-14-8-9-25(12-14)15-6-5-7-16(10-15)26-4/h5-7,10,14H,8-9,11-12H2,1-4H3,(H2,19,20,21). The molecule has 3 rings (SSSR count). The Labute approximate surface area is 154 Å². The van der Waals surface area contributed by atoms with Gasteiger partial charge >= 0.3 is 0 Å². The average molecular weight is 357 g/mol. The Morgan fingerprint density at radius 3 is 2.92 bits per heavy atom. The summed E-state index contributed by atoms with van der Waals surface area (Å²) in [5.74, 6) is 3.45. The van der Waals surface area contributed by atoms with E-state index in [0.29, 0.717) is 12.6 Å². The topological polar surface area (TPSA) is 79.6 Å². The van der Waals surface area contributed by atoms with Crippen molar-refractivity contribution in [2.45, 2.75) is 25.9 Å². The highest BCUT2D eigenvalue weighted by molar-refractivity contribution is 5.80. The van der Waals surface area contributed by atoms with E-state index in [2.05, 4.69) is 42.9 Å². The number of aryl methyl sites for hydroxylation is 1. The monoisotopic (exact) mass is 357 g/mol. The Kier molecular flexibility index (Phi) is 5.60. The number of benzene rings is 1. The number of aromatic nitrogens is 3. The first kappa shape index (κ1) is 18.0. The van der Waals surface area contributed by atoms with E-state index in [1.807, 2.05) is 30.7 Å². The first-order valence-electron chi connectivity index (χ1n) is 8.81. The van der Waals surface area contributed by atoms with Crippen LogP contribution >= 0.6 is 0 Å². The second kappa shape index (κ2) is 8.07. The van der Waals surface area contributed by atoms with E-state index in [1.165, 1.54) is 5.69 Å². The lowest BCUT2D eigenvalue weighted by Gasteiger charge is -2.20. The zero-order valence-electron chi connectivity index (χ0n) is 15.9. The number of nitrogens with zero attached hydrogens (tertiary/aromatic N) is 5. The van der Waals surface area contributed by atoms with E-state index in [4.69, 9.17) is 4.74 Å². The Hall–Kier alpha value is -2.77. The van der Waals surface area contributed by atoms with Crippen LogP contribution in [0.15, 0.2) is 29.3 Å². The fraction of sp³-hybridized carbons (Fsp3) is 0.500. The lowest BCUT2D eigenvalue weighted by atomic mass is 10.2. The van der Waals surface area contributed by atoms with E-state index in [-0.39, 0.29) is 0 Å². The largest absolute Gasteiger partial charge is 0.497 e. The molecule has 8 nitrogen and oxygen atoms in total. The van der Waals surface area contributed by atoms with Gasteiger partial charge in [0.05, 0.1) is 13.7 Å². The molecule has 1 aromatic carbocycles. The number of rotatable bonds is 5. The molecule has 140 valence electrons. The summed E-state index contributed by atoms with van der Waals surface area (Å²) in [5, 5.41) is 15.1. The molecule has 0 amide bonds. The van der Waals surface area contributed by atoms with Crippen LogP contribution < -0.4 is 20.3 Å². The molecule has 0 spiro atoms. The van der Waals surface area contributed by atoms with Crippen molar-refractivity contribution in [2.24, 2.45) is 12.0 Å². The molecule has 1 saturated heterocycles. The van der Waals surface area contributed by atoms with Crippen LogP contribution in [0.25, 0.3) is 0 Å². The number of ether oxygens (including phenoxy) is 1. The predicted octanol–water partition coefficient (Wildman–Crippen LogP) is 1.08. The van der Waals surface area contributed by atoms with Crippen LogP contribution in [0.5, 0.6) is 5.75 Å². The summed E-state index contributed by atoms with van der Waals surface area (Å²) in [6.45, 7) is 4.46. The summed E-state index contributed by atoms with van der Waals surface area (Å²) in [4.78, 5) is 6.69. The Morgan fingerprint density at radius 1 is 1.38 bits per heavy atom. The third-order valence-electron chi connectivity index (χ3n) is 4.77. The second-order valence-electron chi connectivity index (χ2n) is 6.43. The summed E-state index contributed by atoms with van der Waals surface area (Å²) in [6, 6.07) is 8.53. The van der Waals surface area contributed by atoms with Crippen molar-refractivity contribution >= 4 is 11.6 Å². The van der Waals surface area contributed by atoms with Crippen LogP contribution in [0.3, 0.4) is 0 Å². The number of guanidine groups is 1. The molecule has 1 fully saturated rings. The molecule has 1 aromatic heterocycles. The van der Waals surface area contributed by atoms with Crippen molar-refractivity contribution < 1.29 is 4.74 Å². The first-order valence-corrected chi connectivity index (χ1v) is 8.81. The Morgan fingerprint density at radius 2 is 2.23 bits per heavy atom. The summed E-state index contributed by atoms with van der Waals surface area (Å²) in [5.41, 5.74) is 1.19. The molecular formula is C18H27N7O. The zero-order valence-corrected chi connectivity index (χ0v) is 15.9. The van der Waals surface area contributed by atoms with Gasteiger partial charge in [0.25, 0.3) is 0 Å². The van der Waals surface area contributed by atoms with Gasteiger partial charge in [-0.25, -0.2) is 0 Å². The molecule has 26 heavy (non-hydrogen) atoms. The van der Waals surface area contributed by atoms with E-state index < -0.39 is 0 Å². The number of hydrogen-bond donors (Lipinski definition) is 2. The molecule has 8 heteroatoms. The van der Waals surface area contributed by atoms with E-state index in [9.17, 15) is 0 Å². The van der Waals surface area contributed by atoms with Gasteiger partial charge in [0.1, 0.15) is 11.6 Å². The first-order chi connectivity index (χ1) is 12.6. The molecular weight excluding hydrogens is 330 g/mol. The minimum absolute atomic E-state index is 0.341. The van der Waals surface area contributed by atoms with E-state index >= 15 is 0 Å². The molecule has 1 unspecified atom stereocenters. The lowest BCUT2D eigenvalue weighted by molar-refractivity contribution is 0.415. The van der Waals surface area contributed by atoms with E-state index in [0.717, 1.165) is 42.9 Å². The third kappa shape index (κ3) is 4.07. The van der Waals surface area contributed by atoms with Crippen LogP contribution in [0.4, 0.5) is 5.69 Å². The molecule has 2 aromatic rings. The van der Waals surface area contributed by atoms with Gasteiger partial charge in [-0.15, -0.1) is 10.2 Å². The minimum Gasteiger partial charge on any atom is -0.497 e. The van der Waals surface area contributed by atoms with Crippen LogP contribution in [-0.2, 0) is 13.6 Å². The van der Waals surface area contributed by atoms with Gasteiger partial charge in [0.15, 0.2) is 11.8 Å². The molecule has 1 atom stereocenters. The highest BCUT2D eigenvalue weighted by Crippen LogP contribution is 2.24. The fourth-order valence-corrected chi connectivity index (χ4v) is 3.08. The van der Waals surface area contributed by atoms with Crippen molar-refractivity contribution in [2.75, 3.05) is 32.1 Å². The molecule has 0 saturated carbocycles. The molecule has 1 aliphatic heterocycles. The maximum Gasteiger partial charge on any atom is 0.191 e. The Bertz CT molecular complexity index is 771. The normalized spacial score (nSPS) is 17.5. The second-order valence-corrected chi connectivity index (χ2v) is 6.43.